The molecule has 3 aromatic carbocycles. The second-order valence-corrected chi connectivity index (χ2v) is 9.03. The standard InChI is InChI=1S/C21H17BrF2N2O3S/c22-15-9-11-16(12-10-15)30(28,29)26-19(13-14-5-2-1-3-6-14)21(27)25-20-17(23)7-4-8-18(20)24/h1-12,19,26H,13H2,(H,25,27)/t19-/m0/s1. The maximum atomic E-state index is 13.9. The van der Waals surface area contributed by atoms with Crippen LogP contribution in [-0.2, 0) is 21.2 Å². The predicted molar refractivity (Wildman–Crippen MR) is 113 cm³/mol. The summed E-state index contributed by atoms with van der Waals surface area (Å²) in [6.45, 7) is 0. The van der Waals surface area contributed by atoms with Crippen molar-refractivity contribution >= 4 is 37.5 Å². The first kappa shape index (κ1) is 22.1. The fourth-order valence-corrected chi connectivity index (χ4v) is 4.19. The van der Waals surface area contributed by atoms with Gasteiger partial charge in [0.1, 0.15) is 23.4 Å². The molecule has 3 rings (SSSR count). The van der Waals surface area contributed by atoms with Gasteiger partial charge in [-0.3, -0.25) is 4.79 Å². The lowest BCUT2D eigenvalue weighted by Crippen LogP contribution is -2.45. The Morgan fingerprint density at radius 2 is 1.50 bits per heavy atom. The Labute approximate surface area is 181 Å². The fraction of sp³-hybridized carbons (Fsp3) is 0.0952. The van der Waals surface area contributed by atoms with Crippen LogP contribution in [-0.4, -0.2) is 20.4 Å². The van der Waals surface area contributed by atoms with Gasteiger partial charge in [0, 0.05) is 4.47 Å². The molecule has 0 bridgehead atoms. The number of nitrogens with one attached hydrogen (secondary N) is 2. The van der Waals surface area contributed by atoms with E-state index in [1.54, 1.807) is 42.5 Å². The van der Waals surface area contributed by atoms with Gasteiger partial charge in [-0.25, -0.2) is 17.2 Å². The molecule has 30 heavy (non-hydrogen) atoms. The van der Waals surface area contributed by atoms with Gasteiger partial charge in [0.2, 0.25) is 15.9 Å². The van der Waals surface area contributed by atoms with Gasteiger partial charge >= 0.3 is 0 Å². The molecule has 0 unspecified atom stereocenters. The molecule has 0 aromatic heterocycles. The molecule has 1 atom stereocenters. The van der Waals surface area contributed by atoms with Crippen molar-refractivity contribution in [3.05, 3.63) is 94.5 Å². The van der Waals surface area contributed by atoms with E-state index in [2.05, 4.69) is 26.0 Å². The minimum atomic E-state index is -4.07. The van der Waals surface area contributed by atoms with Crippen molar-refractivity contribution in [3.63, 3.8) is 0 Å². The smallest absolute Gasteiger partial charge is 0.243 e. The van der Waals surface area contributed by atoms with Crippen molar-refractivity contribution in [2.24, 2.45) is 0 Å². The number of amides is 1. The van der Waals surface area contributed by atoms with E-state index in [1.807, 2.05) is 0 Å². The van der Waals surface area contributed by atoms with Crippen molar-refractivity contribution < 1.29 is 22.0 Å². The highest BCUT2D eigenvalue weighted by Crippen LogP contribution is 2.20. The molecule has 9 heteroatoms. The summed E-state index contributed by atoms with van der Waals surface area (Å²) in [5.41, 5.74) is 0.0357. The van der Waals surface area contributed by atoms with E-state index in [0.717, 1.165) is 18.2 Å². The summed E-state index contributed by atoms with van der Waals surface area (Å²) in [5, 5.41) is 2.16. The first-order chi connectivity index (χ1) is 14.3. The molecular formula is C21H17BrF2N2O3S. The monoisotopic (exact) mass is 494 g/mol. The maximum absolute atomic E-state index is 13.9. The molecule has 0 aliphatic rings. The largest absolute Gasteiger partial charge is 0.320 e. The molecule has 0 fully saturated rings. The zero-order valence-electron chi connectivity index (χ0n) is 15.5. The summed E-state index contributed by atoms with van der Waals surface area (Å²) >= 11 is 3.23. The second-order valence-electron chi connectivity index (χ2n) is 6.40. The molecule has 0 aliphatic heterocycles. The van der Waals surface area contributed by atoms with Crippen LogP contribution in [0.15, 0.2) is 82.2 Å². The van der Waals surface area contributed by atoms with Gasteiger partial charge in [0.25, 0.3) is 0 Å². The summed E-state index contributed by atoms with van der Waals surface area (Å²) in [6, 6.07) is 16.4. The Morgan fingerprint density at radius 3 is 2.10 bits per heavy atom. The highest BCUT2D eigenvalue weighted by molar-refractivity contribution is 9.10. The van der Waals surface area contributed by atoms with E-state index in [9.17, 15) is 22.0 Å². The van der Waals surface area contributed by atoms with Crippen LogP contribution in [0.1, 0.15) is 5.56 Å². The zero-order chi connectivity index (χ0) is 21.7. The lowest BCUT2D eigenvalue weighted by Gasteiger charge is -2.19. The van der Waals surface area contributed by atoms with E-state index in [1.165, 1.54) is 12.1 Å². The van der Waals surface area contributed by atoms with Crippen molar-refractivity contribution in [1.82, 2.24) is 4.72 Å². The minimum Gasteiger partial charge on any atom is -0.320 e. The van der Waals surface area contributed by atoms with Crippen LogP contribution in [0, 0.1) is 11.6 Å². The van der Waals surface area contributed by atoms with Gasteiger partial charge in [-0.15, -0.1) is 0 Å². The van der Waals surface area contributed by atoms with E-state index in [0.29, 0.717) is 10.0 Å². The van der Waals surface area contributed by atoms with E-state index in [4.69, 9.17) is 0 Å². The number of para-hydroxylation sites is 1. The zero-order valence-corrected chi connectivity index (χ0v) is 17.9. The third-order valence-corrected chi connectivity index (χ3v) is 6.25. The highest BCUT2D eigenvalue weighted by Gasteiger charge is 2.27. The van der Waals surface area contributed by atoms with Crippen LogP contribution in [0.3, 0.4) is 0 Å². The molecule has 1 amide bonds. The third-order valence-electron chi connectivity index (χ3n) is 4.23. The lowest BCUT2D eigenvalue weighted by molar-refractivity contribution is -0.117. The Hall–Kier alpha value is -2.62. The average Bonchev–Trinajstić information content (AvgIpc) is 2.71. The molecule has 0 saturated heterocycles. The van der Waals surface area contributed by atoms with Crippen LogP contribution < -0.4 is 10.0 Å². The van der Waals surface area contributed by atoms with Gasteiger partial charge in [0.05, 0.1) is 4.90 Å². The molecule has 5 nitrogen and oxygen atoms in total. The summed E-state index contributed by atoms with van der Waals surface area (Å²) in [4.78, 5) is 12.8. The van der Waals surface area contributed by atoms with Crippen LogP contribution in [0.5, 0.6) is 0 Å². The Balaban J connectivity index is 1.90. The van der Waals surface area contributed by atoms with Crippen LogP contribution in [0.4, 0.5) is 14.5 Å². The first-order valence-electron chi connectivity index (χ1n) is 8.83. The van der Waals surface area contributed by atoms with E-state index < -0.39 is 39.3 Å². The molecule has 0 aliphatic carbocycles. The Morgan fingerprint density at radius 1 is 0.900 bits per heavy atom. The van der Waals surface area contributed by atoms with Gasteiger partial charge in [-0.1, -0.05) is 52.3 Å². The predicted octanol–water partition coefficient (Wildman–Crippen LogP) is 4.26. The van der Waals surface area contributed by atoms with Gasteiger partial charge in [0.15, 0.2) is 0 Å². The van der Waals surface area contributed by atoms with Crippen LogP contribution >= 0.6 is 15.9 Å². The maximum Gasteiger partial charge on any atom is 0.243 e. The van der Waals surface area contributed by atoms with Crippen molar-refractivity contribution in [2.45, 2.75) is 17.4 Å². The number of benzene rings is 3. The van der Waals surface area contributed by atoms with Gasteiger partial charge < -0.3 is 5.32 Å². The van der Waals surface area contributed by atoms with Crippen molar-refractivity contribution in [2.75, 3.05) is 5.32 Å². The number of anilines is 1. The number of rotatable bonds is 7. The first-order valence-corrected chi connectivity index (χ1v) is 11.1. The molecule has 156 valence electrons. The summed E-state index contributed by atoms with van der Waals surface area (Å²) in [5.74, 6) is -2.81. The lowest BCUT2D eigenvalue weighted by atomic mass is 10.1. The molecule has 2 N–H and O–H groups in total. The average molecular weight is 495 g/mol. The molecule has 0 spiro atoms. The molecule has 0 saturated carbocycles. The normalized spacial score (nSPS) is 12.4. The highest BCUT2D eigenvalue weighted by atomic mass is 79.9. The topological polar surface area (TPSA) is 75.3 Å². The summed E-state index contributed by atoms with van der Waals surface area (Å²) in [7, 11) is -4.07. The van der Waals surface area contributed by atoms with Crippen molar-refractivity contribution in [1.29, 1.82) is 0 Å². The quantitative estimate of drug-likeness (QED) is 0.515. The van der Waals surface area contributed by atoms with E-state index in [-0.39, 0.29) is 11.3 Å². The van der Waals surface area contributed by atoms with Crippen LogP contribution in [0.25, 0.3) is 0 Å². The molecule has 0 heterocycles. The molecule has 3 aromatic rings. The van der Waals surface area contributed by atoms with E-state index >= 15 is 0 Å². The number of hydrogen-bond acceptors (Lipinski definition) is 3. The van der Waals surface area contributed by atoms with Crippen LogP contribution in [0.2, 0.25) is 0 Å². The Kier molecular flexibility index (Phi) is 6.96. The number of sulfonamides is 1. The SMILES string of the molecule is O=C(Nc1c(F)cccc1F)[C@H](Cc1ccccc1)NS(=O)(=O)c1ccc(Br)cc1. The number of carbonyl (C=O) groups is 1. The molecular weight excluding hydrogens is 478 g/mol. The number of halogens is 3. The Bertz CT molecular complexity index is 1120. The van der Waals surface area contributed by atoms with Gasteiger partial charge in [-0.2, -0.15) is 4.72 Å². The number of carbonyl (C=O) groups excluding carboxylic acids is 1. The second kappa shape index (κ2) is 9.46. The van der Waals surface area contributed by atoms with Gasteiger partial charge in [-0.05, 0) is 48.4 Å². The minimum absolute atomic E-state index is 0.0154. The summed E-state index contributed by atoms with van der Waals surface area (Å²) < 4.78 is 56.5. The summed E-state index contributed by atoms with van der Waals surface area (Å²) in [6.07, 6.45) is -0.0154. The fourth-order valence-electron chi connectivity index (χ4n) is 2.73. The third kappa shape index (κ3) is 5.50. The number of hydrogen-bond donors (Lipinski definition) is 2. The van der Waals surface area contributed by atoms with Crippen molar-refractivity contribution in [3.8, 4) is 0 Å². The molecule has 0 radical (unpaired) electrons.